The maximum Gasteiger partial charge on any atom is 0.349 e. The fourth-order valence-corrected chi connectivity index (χ4v) is 3.42. The van der Waals surface area contributed by atoms with E-state index < -0.39 is 0 Å². The lowest BCUT2D eigenvalue weighted by Gasteiger charge is -2.42. The number of nitrogens with zero attached hydrogens (tertiary/aromatic N) is 2. The summed E-state index contributed by atoms with van der Waals surface area (Å²) in [5, 5.41) is 3.42. The molecule has 0 spiro atoms. The summed E-state index contributed by atoms with van der Waals surface area (Å²) in [7, 11) is 0. The summed E-state index contributed by atoms with van der Waals surface area (Å²) in [5.41, 5.74) is 5.23. The summed E-state index contributed by atoms with van der Waals surface area (Å²) in [6, 6.07) is 0.196. The Kier molecular flexibility index (Phi) is 4.87. The van der Waals surface area contributed by atoms with E-state index >= 15 is 0 Å². The van der Waals surface area contributed by atoms with Gasteiger partial charge in [0, 0.05) is 18.5 Å². The fraction of sp³-hybridized carbons (Fsp3) is 0.750. The number of hydrogen-bond acceptors (Lipinski definition) is 6. The van der Waals surface area contributed by atoms with E-state index in [0.717, 1.165) is 19.3 Å². The highest BCUT2D eigenvalue weighted by Gasteiger charge is 2.39. The number of nitrogens with one attached hydrogen (secondary N) is 1. The first-order chi connectivity index (χ1) is 11.1. The second-order valence-corrected chi connectivity index (χ2v) is 6.62. The minimum Gasteiger partial charge on any atom is -0.483 e. The predicted octanol–water partition coefficient (Wildman–Crippen LogP) is 1.14. The summed E-state index contributed by atoms with van der Waals surface area (Å²) in [5.74, 6) is 1.57. The highest BCUT2D eigenvalue weighted by Crippen LogP contribution is 2.37. The number of fused-ring (bicyclic) bond motifs is 2. The summed E-state index contributed by atoms with van der Waals surface area (Å²) < 4.78 is 13.4. The molecule has 7 nitrogen and oxygen atoms in total. The van der Waals surface area contributed by atoms with Crippen LogP contribution in [-0.2, 0) is 4.74 Å². The lowest BCUT2D eigenvalue weighted by molar-refractivity contribution is 0.0374. The van der Waals surface area contributed by atoms with E-state index in [4.69, 9.17) is 15.2 Å². The molecule has 2 heterocycles. The van der Waals surface area contributed by atoms with Gasteiger partial charge in [-0.3, -0.25) is 4.57 Å². The van der Waals surface area contributed by atoms with Crippen LogP contribution < -0.4 is 21.5 Å². The number of hydrogen-bond donors (Lipinski definition) is 2. The Hall–Kier alpha value is -1.60. The van der Waals surface area contributed by atoms with Crippen molar-refractivity contribution in [1.82, 2.24) is 9.55 Å². The number of ether oxygens (including phenoxy) is 2. The lowest BCUT2D eigenvalue weighted by atomic mass is 9.82. The third-order valence-corrected chi connectivity index (χ3v) is 4.62. The zero-order chi connectivity index (χ0) is 16.4. The van der Waals surface area contributed by atoms with Gasteiger partial charge >= 0.3 is 5.69 Å². The van der Waals surface area contributed by atoms with Crippen molar-refractivity contribution in [3.63, 3.8) is 0 Å². The van der Waals surface area contributed by atoms with Gasteiger partial charge in [0.15, 0.2) is 11.6 Å². The molecule has 23 heavy (non-hydrogen) atoms. The van der Waals surface area contributed by atoms with E-state index in [0.29, 0.717) is 37.2 Å². The molecule has 3 rings (SSSR count). The Balaban J connectivity index is 1.80. The Bertz CT molecular complexity index is 601. The highest BCUT2D eigenvalue weighted by atomic mass is 16.5. The molecule has 0 bridgehead atoms. The second-order valence-electron chi connectivity index (χ2n) is 6.62. The van der Waals surface area contributed by atoms with Crippen molar-refractivity contribution in [2.45, 2.75) is 51.3 Å². The van der Waals surface area contributed by atoms with Gasteiger partial charge in [0.05, 0.1) is 25.5 Å². The molecule has 3 unspecified atom stereocenters. The van der Waals surface area contributed by atoms with E-state index in [9.17, 15) is 4.79 Å². The molecule has 2 aliphatic rings. The Labute approximate surface area is 136 Å². The van der Waals surface area contributed by atoms with Gasteiger partial charge in [-0.1, -0.05) is 0 Å². The molecule has 3 N–H and O–H groups in total. The van der Waals surface area contributed by atoms with Crippen molar-refractivity contribution in [3.8, 4) is 5.75 Å². The van der Waals surface area contributed by atoms with Gasteiger partial charge in [-0.15, -0.1) is 0 Å². The van der Waals surface area contributed by atoms with Gasteiger partial charge in [0.25, 0.3) is 0 Å². The molecule has 1 aliphatic heterocycles. The molecule has 1 aromatic rings. The fourth-order valence-electron chi connectivity index (χ4n) is 3.42. The molecule has 1 aromatic heterocycles. The molecular weight excluding hydrogens is 296 g/mol. The largest absolute Gasteiger partial charge is 0.483 e. The summed E-state index contributed by atoms with van der Waals surface area (Å²) in [6.07, 6.45) is 5.08. The first-order valence-corrected chi connectivity index (χ1v) is 8.44. The quantitative estimate of drug-likeness (QED) is 0.790. The van der Waals surface area contributed by atoms with Crippen LogP contribution in [0, 0.1) is 5.92 Å². The Morgan fingerprint density at radius 3 is 3.09 bits per heavy atom. The van der Waals surface area contributed by atoms with E-state index in [2.05, 4.69) is 10.3 Å². The molecule has 0 saturated heterocycles. The summed E-state index contributed by atoms with van der Waals surface area (Å²) >= 11 is 0. The molecule has 1 fully saturated rings. The maximum atomic E-state index is 12.1. The molecular formula is C16H26N4O3. The van der Waals surface area contributed by atoms with Crippen LogP contribution in [0.4, 0.5) is 5.82 Å². The zero-order valence-corrected chi connectivity index (χ0v) is 13.8. The number of aromatic nitrogens is 2. The van der Waals surface area contributed by atoms with Crippen molar-refractivity contribution in [2.24, 2.45) is 11.7 Å². The van der Waals surface area contributed by atoms with Gasteiger partial charge in [-0.25, -0.2) is 4.79 Å². The average molecular weight is 322 g/mol. The van der Waals surface area contributed by atoms with Gasteiger partial charge in [-0.05, 0) is 33.1 Å². The molecule has 7 heteroatoms. The first kappa shape index (κ1) is 16.3. The lowest BCUT2D eigenvalue weighted by Crippen LogP contribution is -2.51. The first-order valence-electron chi connectivity index (χ1n) is 8.44. The number of anilines is 1. The zero-order valence-electron chi connectivity index (χ0n) is 13.8. The molecule has 0 radical (unpaired) electrons. The molecule has 1 saturated carbocycles. The van der Waals surface area contributed by atoms with Crippen LogP contribution in [0.5, 0.6) is 5.75 Å². The molecule has 0 aromatic carbocycles. The molecule has 1 aliphatic carbocycles. The van der Waals surface area contributed by atoms with E-state index in [1.807, 2.05) is 13.8 Å². The van der Waals surface area contributed by atoms with Crippen LogP contribution in [0.25, 0.3) is 0 Å². The third-order valence-electron chi connectivity index (χ3n) is 4.62. The van der Waals surface area contributed by atoms with Crippen LogP contribution in [-0.4, -0.2) is 41.5 Å². The van der Waals surface area contributed by atoms with Crippen molar-refractivity contribution in [1.29, 1.82) is 0 Å². The molecule has 3 atom stereocenters. The standard InChI is InChI=1S/C16H26N4O3/c1-10(2)20-8-13-15(19-16(20)21)18-14-11(9-22-7-6-17)4-3-5-12(14)23-13/h8,10-12,14H,3-7,9,17H2,1-2H3,(H,18,19,21). The normalized spacial score (nSPS) is 26.2. The van der Waals surface area contributed by atoms with E-state index in [1.165, 1.54) is 0 Å². The van der Waals surface area contributed by atoms with Crippen molar-refractivity contribution in [3.05, 3.63) is 16.7 Å². The van der Waals surface area contributed by atoms with Crippen LogP contribution in [0.15, 0.2) is 11.0 Å². The van der Waals surface area contributed by atoms with Gasteiger partial charge in [0.2, 0.25) is 0 Å². The van der Waals surface area contributed by atoms with Crippen molar-refractivity contribution in [2.75, 3.05) is 25.1 Å². The van der Waals surface area contributed by atoms with Crippen molar-refractivity contribution >= 4 is 5.82 Å². The maximum absolute atomic E-state index is 12.1. The molecule has 0 amide bonds. The van der Waals surface area contributed by atoms with Crippen LogP contribution in [0.2, 0.25) is 0 Å². The van der Waals surface area contributed by atoms with E-state index in [1.54, 1.807) is 10.8 Å². The summed E-state index contributed by atoms with van der Waals surface area (Å²) in [4.78, 5) is 16.3. The second kappa shape index (κ2) is 6.88. The van der Waals surface area contributed by atoms with Crippen LogP contribution >= 0.6 is 0 Å². The SMILES string of the molecule is CC(C)n1cc2c(nc1=O)NC1C(COCCN)CCCC1O2. The van der Waals surface area contributed by atoms with Crippen LogP contribution in [0.1, 0.15) is 39.2 Å². The monoisotopic (exact) mass is 322 g/mol. The minimum atomic E-state index is -0.250. The smallest absolute Gasteiger partial charge is 0.349 e. The average Bonchev–Trinajstić information content (AvgIpc) is 2.53. The minimum absolute atomic E-state index is 0.0605. The topological polar surface area (TPSA) is 91.4 Å². The van der Waals surface area contributed by atoms with Gasteiger partial charge in [0.1, 0.15) is 6.10 Å². The Morgan fingerprint density at radius 1 is 1.52 bits per heavy atom. The third kappa shape index (κ3) is 3.35. The van der Waals surface area contributed by atoms with E-state index in [-0.39, 0.29) is 23.9 Å². The summed E-state index contributed by atoms with van der Waals surface area (Å²) in [6.45, 7) is 5.68. The Morgan fingerprint density at radius 2 is 2.35 bits per heavy atom. The van der Waals surface area contributed by atoms with Gasteiger partial charge in [-0.2, -0.15) is 4.98 Å². The molecule has 128 valence electrons. The van der Waals surface area contributed by atoms with Crippen molar-refractivity contribution < 1.29 is 9.47 Å². The van der Waals surface area contributed by atoms with Crippen LogP contribution in [0.3, 0.4) is 0 Å². The highest BCUT2D eigenvalue weighted by molar-refractivity contribution is 5.51. The predicted molar refractivity (Wildman–Crippen MR) is 87.9 cm³/mol. The van der Waals surface area contributed by atoms with Gasteiger partial charge < -0.3 is 20.5 Å². The number of rotatable bonds is 5. The number of nitrogens with two attached hydrogens (primary N) is 1.